The number of nitrogens with one attached hydrogen (secondary N) is 1. The summed E-state index contributed by atoms with van der Waals surface area (Å²) in [7, 11) is 0. The third kappa shape index (κ3) is 4.76. The minimum Gasteiger partial charge on any atom is -0.478 e. The first-order valence-electron chi connectivity index (χ1n) is 18.2. The van der Waals surface area contributed by atoms with Crippen molar-refractivity contribution in [1.29, 1.82) is 0 Å². The lowest BCUT2D eigenvalue weighted by molar-refractivity contribution is -0.219. The predicted octanol–water partition coefficient (Wildman–Crippen LogP) is 10.1. The number of carboxylic acid groups (broad SMARTS) is 1. The number of benzene rings is 1. The fraction of sp³-hybridized carbons (Fsp3) is 0.619. The van der Waals surface area contributed by atoms with E-state index in [1.807, 2.05) is 18.2 Å². The van der Waals surface area contributed by atoms with Gasteiger partial charge in [-0.15, -0.1) is 0 Å². The summed E-state index contributed by atoms with van der Waals surface area (Å²) in [5.74, 6) is 1.68. The van der Waals surface area contributed by atoms with Crippen LogP contribution in [0, 0.1) is 57.2 Å². The zero-order valence-corrected chi connectivity index (χ0v) is 29.5. The van der Waals surface area contributed by atoms with Gasteiger partial charge < -0.3 is 10.4 Å². The summed E-state index contributed by atoms with van der Waals surface area (Å²) >= 11 is 0. The average molecular weight is 639 g/mol. The second kappa shape index (κ2) is 11.1. The van der Waals surface area contributed by atoms with Gasteiger partial charge in [0.25, 0.3) is 0 Å². The van der Waals surface area contributed by atoms with Gasteiger partial charge in [0.05, 0.1) is 5.56 Å². The summed E-state index contributed by atoms with van der Waals surface area (Å²) in [4.78, 5) is 15.3. The van der Waals surface area contributed by atoms with Gasteiger partial charge in [-0.2, -0.15) is 4.39 Å². The maximum absolute atomic E-state index is 14.0. The van der Waals surface area contributed by atoms with Gasteiger partial charge in [-0.05, 0) is 157 Å². The molecule has 0 aliphatic heterocycles. The number of aromatic nitrogens is 1. The van der Waals surface area contributed by atoms with Crippen molar-refractivity contribution < 1.29 is 14.3 Å². The molecule has 4 nitrogen and oxygen atoms in total. The lowest BCUT2D eigenvalue weighted by atomic mass is 9.33. The lowest BCUT2D eigenvalue weighted by Gasteiger charge is -2.72. The van der Waals surface area contributed by atoms with E-state index in [2.05, 4.69) is 64.5 Å². The van der Waals surface area contributed by atoms with Crippen LogP contribution in [0.5, 0.6) is 0 Å². The SMILES string of the molecule is C=C(C)C1CCC2(NCc3ccnc(F)c3)CCC3(C)C(CCC4C5(C)CC=C(c6ccc(C(=O)O)cc6)C(C)(C)C5CCC43C)C12. The summed E-state index contributed by atoms with van der Waals surface area (Å²) in [5, 5.41) is 13.5. The summed E-state index contributed by atoms with van der Waals surface area (Å²) < 4.78 is 14.0. The van der Waals surface area contributed by atoms with Crippen LogP contribution in [0.1, 0.15) is 121 Å². The van der Waals surface area contributed by atoms with E-state index in [1.165, 1.54) is 68.1 Å². The van der Waals surface area contributed by atoms with E-state index in [0.717, 1.165) is 12.0 Å². The number of carboxylic acids is 1. The molecule has 47 heavy (non-hydrogen) atoms. The normalized spacial score (nSPS) is 40.3. The number of halogens is 1. The first-order chi connectivity index (χ1) is 22.2. The molecule has 2 N–H and O–H groups in total. The van der Waals surface area contributed by atoms with Crippen molar-refractivity contribution in [2.45, 2.75) is 111 Å². The van der Waals surface area contributed by atoms with E-state index < -0.39 is 11.9 Å². The predicted molar refractivity (Wildman–Crippen MR) is 187 cm³/mol. The quantitative estimate of drug-likeness (QED) is 0.244. The number of carbonyl (C=O) groups is 1. The molecule has 5 aliphatic carbocycles. The first-order valence-corrected chi connectivity index (χ1v) is 18.2. The van der Waals surface area contributed by atoms with Crippen molar-refractivity contribution in [2.75, 3.05) is 0 Å². The van der Waals surface area contributed by atoms with Crippen LogP contribution in [-0.2, 0) is 6.54 Å². The number of nitrogens with zero attached hydrogens (tertiary/aromatic N) is 1. The van der Waals surface area contributed by atoms with Gasteiger partial charge >= 0.3 is 5.97 Å². The highest BCUT2D eigenvalue weighted by atomic mass is 19.1. The highest BCUT2D eigenvalue weighted by Crippen LogP contribution is 2.76. The second-order valence-electron chi connectivity index (χ2n) is 17.6. The number of fused-ring (bicyclic) bond motifs is 7. The molecule has 5 aliphatic rings. The molecule has 0 bridgehead atoms. The Morgan fingerprint density at radius 1 is 0.957 bits per heavy atom. The number of rotatable bonds is 6. The van der Waals surface area contributed by atoms with Crippen molar-refractivity contribution in [3.63, 3.8) is 0 Å². The third-order valence-corrected chi connectivity index (χ3v) is 15.5. The van der Waals surface area contributed by atoms with Crippen molar-refractivity contribution in [3.8, 4) is 0 Å². The van der Waals surface area contributed by atoms with Crippen LogP contribution in [0.4, 0.5) is 4.39 Å². The van der Waals surface area contributed by atoms with E-state index in [1.54, 1.807) is 24.4 Å². The van der Waals surface area contributed by atoms with Crippen LogP contribution in [0.2, 0.25) is 0 Å². The van der Waals surface area contributed by atoms with Crippen molar-refractivity contribution in [3.05, 3.63) is 83.5 Å². The molecule has 1 aromatic carbocycles. The fourth-order valence-electron chi connectivity index (χ4n) is 13.2. The van der Waals surface area contributed by atoms with Crippen molar-refractivity contribution in [2.24, 2.45) is 51.2 Å². The summed E-state index contributed by atoms with van der Waals surface area (Å²) in [6.45, 7) is 20.4. The molecule has 252 valence electrons. The maximum atomic E-state index is 14.0. The molecular formula is C42H55FN2O2. The standard InChI is InChI=1S/C42H55FN2O2/c1-26(2)30-14-20-42(45-25-27-17-23-44-35(43)24-27)22-21-40(6)32(36(30)42)12-13-34-39(5)18-15-31(28-8-10-29(11-9-28)37(46)47)38(3,4)33(39)16-19-41(34,40)7/h8-11,15,17,23-24,30,32-34,36,45H,1,12-14,16,18-22,25H2,2-7H3,(H,46,47). The average Bonchev–Trinajstić information content (AvgIpc) is 3.41. The molecular weight excluding hydrogens is 583 g/mol. The smallest absolute Gasteiger partial charge is 0.335 e. The van der Waals surface area contributed by atoms with Gasteiger partial charge in [-0.25, -0.2) is 9.78 Å². The molecule has 0 amide bonds. The van der Waals surface area contributed by atoms with Crippen LogP contribution in [0.15, 0.2) is 60.8 Å². The van der Waals surface area contributed by atoms with Crippen LogP contribution in [-0.4, -0.2) is 21.6 Å². The number of hydrogen-bond donors (Lipinski definition) is 2. The number of hydrogen-bond acceptors (Lipinski definition) is 3. The molecule has 0 saturated heterocycles. The molecule has 0 spiro atoms. The second-order valence-corrected chi connectivity index (χ2v) is 17.6. The summed E-state index contributed by atoms with van der Waals surface area (Å²) in [6, 6.07) is 11.1. The first kappa shape index (κ1) is 32.7. The van der Waals surface area contributed by atoms with Gasteiger partial charge in [-0.3, -0.25) is 0 Å². The van der Waals surface area contributed by atoms with Gasteiger partial charge in [0.15, 0.2) is 0 Å². The molecule has 4 saturated carbocycles. The molecule has 9 atom stereocenters. The zero-order chi connectivity index (χ0) is 33.6. The fourth-order valence-corrected chi connectivity index (χ4v) is 13.2. The number of aromatic carboxylic acids is 1. The van der Waals surface area contributed by atoms with E-state index in [9.17, 15) is 14.3 Å². The molecule has 9 unspecified atom stereocenters. The van der Waals surface area contributed by atoms with E-state index >= 15 is 0 Å². The van der Waals surface area contributed by atoms with Crippen LogP contribution < -0.4 is 5.32 Å². The topological polar surface area (TPSA) is 62.2 Å². The maximum Gasteiger partial charge on any atom is 0.335 e. The van der Waals surface area contributed by atoms with Crippen LogP contribution in [0.3, 0.4) is 0 Å². The lowest BCUT2D eigenvalue weighted by Crippen LogP contribution is -2.67. The van der Waals surface area contributed by atoms with Crippen molar-refractivity contribution in [1.82, 2.24) is 10.3 Å². The van der Waals surface area contributed by atoms with Gasteiger partial charge in [0.2, 0.25) is 5.95 Å². The zero-order valence-electron chi connectivity index (χ0n) is 29.5. The van der Waals surface area contributed by atoms with E-state index in [4.69, 9.17) is 0 Å². The molecule has 0 radical (unpaired) electrons. The minimum atomic E-state index is -0.872. The molecule has 1 heterocycles. The Morgan fingerprint density at radius 3 is 2.38 bits per heavy atom. The highest BCUT2D eigenvalue weighted by molar-refractivity contribution is 5.88. The Balaban J connectivity index is 1.20. The van der Waals surface area contributed by atoms with Gasteiger partial charge in [-0.1, -0.05) is 65.0 Å². The molecule has 5 heteroatoms. The highest BCUT2D eigenvalue weighted by Gasteiger charge is 2.70. The largest absolute Gasteiger partial charge is 0.478 e. The Kier molecular flexibility index (Phi) is 7.75. The summed E-state index contributed by atoms with van der Waals surface area (Å²) in [5.41, 5.74) is 6.02. The van der Waals surface area contributed by atoms with E-state index in [0.29, 0.717) is 41.7 Å². The summed E-state index contributed by atoms with van der Waals surface area (Å²) in [6.07, 6.45) is 15.0. The Morgan fingerprint density at radius 2 is 1.70 bits per heavy atom. The Labute approximate surface area is 281 Å². The van der Waals surface area contributed by atoms with E-state index in [-0.39, 0.29) is 27.2 Å². The number of allylic oxidation sites excluding steroid dienone is 3. The Bertz CT molecular complexity index is 1610. The monoisotopic (exact) mass is 638 g/mol. The molecule has 4 fully saturated rings. The molecule has 2 aromatic rings. The molecule has 7 rings (SSSR count). The van der Waals surface area contributed by atoms with Crippen LogP contribution in [0.25, 0.3) is 5.57 Å². The Hall–Kier alpha value is -2.79. The molecule has 1 aromatic heterocycles. The van der Waals surface area contributed by atoms with Gasteiger partial charge in [0, 0.05) is 18.3 Å². The number of pyridine rings is 1. The van der Waals surface area contributed by atoms with Crippen molar-refractivity contribution >= 4 is 11.5 Å². The minimum absolute atomic E-state index is 0.00535. The van der Waals surface area contributed by atoms with Crippen LogP contribution >= 0.6 is 0 Å². The van der Waals surface area contributed by atoms with Gasteiger partial charge in [0.1, 0.15) is 0 Å². The third-order valence-electron chi connectivity index (χ3n) is 15.5.